The standard InChI is InChI=1S/3C18H15P.CH4NO3.8CH3.4Ag.2H2NO3.NO3/c3*1-4-10-16(11-5-1)19(17-12-6-2-7-13-17)18-14-8-3-9-15-18;1-5-2(3)4;;;;;;;;;;;;;3*2-1(3)4/h3*1-15H;1H3,(H,3,4);8*1H3;;;;;2*(H2,2,3,4);/q;;;+1;8*-1;;;;3*+1;-1/p+3. The molecule has 23 heteroatoms. The molecule has 0 heterocycles. The molecule has 0 spiro atoms. The first-order valence-corrected chi connectivity index (χ1v) is 26.6. The Morgan fingerprint density at radius 1 is 0.279 bits per heavy atom. The zero-order valence-corrected chi connectivity index (χ0v) is 58.0. The summed E-state index contributed by atoms with van der Waals surface area (Å²) in [5.41, 5.74) is 0. The van der Waals surface area contributed by atoms with Gasteiger partial charge in [-0.15, -0.1) is 0 Å². The molecule has 0 atom stereocenters. The van der Waals surface area contributed by atoms with Gasteiger partial charge in [0.15, 0.2) is 7.11 Å². The Bertz CT molecular complexity index is 2340. The minimum Gasteiger partial charge on any atom is -0.358 e. The molecular formula is C63H80Ag4N4O12P3-2. The van der Waals surface area contributed by atoms with E-state index in [1.54, 1.807) is 0 Å². The van der Waals surface area contributed by atoms with Gasteiger partial charge in [0, 0.05) is 67.1 Å². The third-order valence-electron chi connectivity index (χ3n) is 9.72. The van der Waals surface area contributed by atoms with Gasteiger partial charge in [-0.25, -0.2) is 26.0 Å². The predicted molar refractivity (Wildman–Crippen MR) is 348 cm³/mol. The average molecular weight is 1610 g/mol. The van der Waals surface area contributed by atoms with Crippen molar-refractivity contribution in [2.75, 3.05) is 7.11 Å². The Hall–Kier alpha value is -5.97. The van der Waals surface area contributed by atoms with Crippen LogP contribution >= 0.6 is 23.8 Å². The quantitative estimate of drug-likeness (QED) is 0.0283. The Kier molecular flexibility index (Phi) is 73.6. The first-order chi connectivity index (χ1) is 35.8. The molecule has 0 saturated carbocycles. The van der Waals surface area contributed by atoms with E-state index < -0.39 is 44.1 Å². The van der Waals surface area contributed by atoms with Gasteiger partial charge >= 0.3 is 37.6 Å². The van der Waals surface area contributed by atoms with Gasteiger partial charge < -0.3 is 74.7 Å². The molecule has 485 valence electrons. The molecule has 0 fully saturated rings. The summed E-state index contributed by atoms with van der Waals surface area (Å²) >= 11 is 0. The maximum absolute atomic E-state index is 9.06. The first-order valence-electron chi connectivity index (χ1n) is 22.1. The van der Waals surface area contributed by atoms with Crippen molar-refractivity contribution in [2.45, 2.75) is 0 Å². The largest absolute Gasteiger partial charge is 1.00 e. The van der Waals surface area contributed by atoms with Gasteiger partial charge in [-0.1, -0.05) is 164 Å². The molecule has 0 aromatic heterocycles. The molecule has 0 amide bonds. The van der Waals surface area contributed by atoms with Crippen LogP contribution in [0.3, 0.4) is 0 Å². The summed E-state index contributed by atoms with van der Waals surface area (Å²) in [5, 5.41) is 59.5. The van der Waals surface area contributed by atoms with Crippen LogP contribution in [-0.2, 0) is 94.4 Å². The van der Waals surface area contributed by atoms with Crippen molar-refractivity contribution < 1.29 is 141 Å². The third-order valence-corrected chi connectivity index (χ3v) is 17.9. The predicted octanol–water partition coefficient (Wildman–Crippen LogP) is 11.7. The monoisotopic (exact) mass is 1610 g/mol. The molecule has 9 aromatic carbocycles. The van der Waals surface area contributed by atoms with Crippen molar-refractivity contribution in [1.82, 2.24) is 0 Å². The Morgan fingerprint density at radius 3 is 0.407 bits per heavy atom. The van der Waals surface area contributed by atoms with Gasteiger partial charge in [0.05, 0.1) is 28.9 Å². The fraction of sp³-hybridized carbons (Fsp3) is 0.0159. The normalized spacial score (nSPS) is 8.23. The zero-order chi connectivity index (χ0) is 53.8. The number of hydrogen-bond donors (Lipinski definition) is 5. The molecule has 3 radical (unpaired) electrons. The molecule has 9 aromatic rings. The smallest absolute Gasteiger partial charge is 0.358 e. The van der Waals surface area contributed by atoms with Gasteiger partial charge in [-0.3, -0.25) is 0 Å². The van der Waals surface area contributed by atoms with E-state index >= 15 is 0 Å². The van der Waals surface area contributed by atoms with Crippen LogP contribution in [0.5, 0.6) is 0 Å². The Labute approximate surface area is 576 Å². The average Bonchev–Trinajstić information content (AvgIpc) is 3.64. The van der Waals surface area contributed by atoms with E-state index in [1.807, 2.05) is 0 Å². The number of rotatable bonds is 10. The molecule has 86 heavy (non-hydrogen) atoms. The molecule has 0 saturated heterocycles. The molecule has 0 aliphatic heterocycles. The topological polar surface area (TPSA) is 237 Å². The second-order valence-corrected chi connectivity index (χ2v) is 22.0. The number of benzene rings is 9. The van der Waals surface area contributed by atoms with Gasteiger partial charge in [-0.2, -0.15) is 4.84 Å². The summed E-state index contributed by atoms with van der Waals surface area (Å²) in [6.45, 7) is 0. The fourth-order valence-corrected chi connectivity index (χ4v) is 14.7. The maximum atomic E-state index is 9.06. The second kappa shape index (κ2) is 62.1. The van der Waals surface area contributed by atoms with Crippen LogP contribution < -0.4 is 47.7 Å². The summed E-state index contributed by atoms with van der Waals surface area (Å²) < 4.78 is 0. The van der Waals surface area contributed by atoms with Crippen LogP contribution in [0.4, 0.5) is 0 Å². The summed E-state index contributed by atoms with van der Waals surface area (Å²) in [5.74, 6) is 0. The molecule has 16 nitrogen and oxygen atoms in total. The van der Waals surface area contributed by atoms with Crippen LogP contribution in [0.15, 0.2) is 273 Å². The minimum atomic E-state index is -1.75. The third kappa shape index (κ3) is 42.8. The first kappa shape index (κ1) is 102. The van der Waals surface area contributed by atoms with Crippen molar-refractivity contribution >= 4 is 71.5 Å². The van der Waals surface area contributed by atoms with E-state index in [9.17, 15) is 0 Å². The van der Waals surface area contributed by atoms with E-state index in [4.69, 9.17) is 56.1 Å². The molecular weight excluding hydrogens is 1530 g/mol. The van der Waals surface area contributed by atoms with Crippen LogP contribution in [0.25, 0.3) is 0 Å². The van der Waals surface area contributed by atoms with E-state index in [1.165, 1.54) is 47.7 Å². The Morgan fingerprint density at radius 2 is 0.349 bits per heavy atom. The van der Waals surface area contributed by atoms with Gasteiger partial charge in [0.2, 0.25) is 0 Å². The maximum Gasteiger partial charge on any atom is 1.00 e. The summed E-state index contributed by atoms with van der Waals surface area (Å²) in [7, 11) is -1.57. The molecule has 9 rings (SSSR count). The fourth-order valence-electron chi connectivity index (χ4n) is 6.94. The van der Waals surface area contributed by atoms with Gasteiger partial charge in [0.1, 0.15) is 62.5 Å². The van der Waals surface area contributed by atoms with Gasteiger partial charge in [0.25, 0.3) is 0 Å². The molecule has 0 bridgehead atoms. The van der Waals surface area contributed by atoms with E-state index in [2.05, 4.69) is 278 Å². The van der Waals surface area contributed by atoms with E-state index in [0.717, 1.165) is 7.11 Å². The van der Waals surface area contributed by atoms with Crippen molar-refractivity contribution in [1.29, 1.82) is 0 Å². The van der Waals surface area contributed by atoms with Crippen molar-refractivity contribution in [3.8, 4) is 0 Å². The van der Waals surface area contributed by atoms with E-state index in [0.29, 0.717) is 0 Å². The van der Waals surface area contributed by atoms with Crippen LogP contribution in [0.2, 0.25) is 0 Å². The summed E-state index contributed by atoms with van der Waals surface area (Å²) in [6, 6.07) is 97.5. The zero-order valence-electron chi connectivity index (χ0n) is 49.1. The molecule has 0 aliphatic rings. The van der Waals surface area contributed by atoms with Crippen LogP contribution in [0, 0.1) is 89.5 Å². The number of nitrogens with zero attached hydrogens (tertiary/aromatic N) is 4. The van der Waals surface area contributed by atoms with Gasteiger partial charge in [-0.05, 0) is 109 Å². The van der Waals surface area contributed by atoms with Crippen LogP contribution in [-0.4, -0.2) is 53.5 Å². The second-order valence-electron chi connectivity index (χ2n) is 14.6. The minimum absolute atomic E-state index is 0. The van der Waals surface area contributed by atoms with Crippen molar-refractivity contribution in [3.63, 3.8) is 0 Å². The van der Waals surface area contributed by atoms with Crippen molar-refractivity contribution in [3.05, 3.63) is 362 Å². The van der Waals surface area contributed by atoms with E-state index in [-0.39, 0.29) is 149 Å². The Balaban J connectivity index is -0.000000104. The summed E-state index contributed by atoms with van der Waals surface area (Å²) in [4.78, 5) is 37.8. The van der Waals surface area contributed by atoms with Crippen LogP contribution in [0.1, 0.15) is 0 Å². The molecule has 0 unspecified atom stereocenters. The molecule has 0 aliphatic carbocycles. The summed E-state index contributed by atoms with van der Waals surface area (Å²) in [6.07, 6.45) is 0. The number of hydrogen-bond acceptors (Lipinski definition) is 7. The molecule has 5 N–H and O–H groups in total. The van der Waals surface area contributed by atoms with Crippen molar-refractivity contribution in [2.24, 2.45) is 0 Å². The SMILES string of the molecule is CO[N+](=O)O.O=[N+](O)O.O=[N+](O)O.O=[N+]([O-])[O-].[Ag+].[Ag].[Ag].[Ag].[CH3-].[CH3-].[CH3-].[CH3-].[CH3-].[CH3-].[CH3-].[CH3-].c1ccc([PH+](c2ccccc2)c2ccccc2)cc1.c1ccc([PH+](c2ccccc2)c2ccccc2)cc1.c1ccc([PH+](c2ccccc2)c2ccccc2)cc1.